The molecule has 2 aromatic rings. The molecule has 2 heterocycles. The molecule has 0 aromatic carbocycles. The molecule has 0 unspecified atom stereocenters. The molecule has 0 bridgehead atoms. The minimum atomic E-state index is -0.276. The molecule has 0 aliphatic heterocycles. The van der Waals surface area contributed by atoms with E-state index in [1.807, 2.05) is 6.26 Å². The minimum Gasteiger partial charge on any atom is -0.298 e. The van der Waals surface area contributed by atoms with Gasteiger partial charge in [0.15, 0.2) is 10.9 Å². The van der Waals surface area contributed by atoms with Crippen LogP contribution in [-0.4, -0.2) is 27.9 Å². The summed E-state index contributed by atoms with van der Waals surface area (Å²) in [7, 11) is 0. The topological polar surface area (TPSA) is 72.0 Å². The Balaban J connectivity index is 2.18. The molecule has 0 saturated carbocycles. The van der Waals surface area contributed by atoms with Crippen molar-refractivity contribution in [2.75, 3.05) is 11.6 Å². The fourth-order valence-electron chi connectivity index (χ4n) is 1.38. The highest BCUT2D eigenvalue weighted by Gasteiger charge is 2.14. The van der Waals surface area contributed by atoms with Crippen LogP contribution in [0.4, 0.5) is 5.13 Å². The summed E-state index contributed by atoms with van der Waals surface area (Å²) in [5.41, 5.74) is 0.853. The number of thiazole rings is 1. The molecule has 7 heteroatoms. The van der Waals surface area contributed by atoms with Crippen LogP contribution < -0.4 is 5.32 Å². The Hall–Kier alpha value is -1.73. The number of amides is 1. The zero-order valence-corrected chi connectivity index (χ0v) is 12.0. The number of carbonyl (C=O) groups is 2. The Bertz CT molecular complexity index is 625. The Kier molecular flexibility index (Phi) is 4.28. The molecule has 0 radical (unpaired) electrons. The predicted octanol–water partition coefficient (Wildman–Crippen LogP) is 2.71. The summed E-state index contributed by atoms with van der Waals surface area (Å²) in [6, 6.07) is 3.41. The van der Waals surface area contributed by atoms with Crippen molar-refractivity contribution in [2.45, 2.75) is 11.9 Å². The number of hydrogen-bond donors (Lipinski definition) is 1. The van der Waals surface area contributed by atoms with Crippen molar-refractivity contribution < 1.29 is 9.59 Å². The van der Waals surface area contributed by atoms with E-state index in [1.54, 1.807) is 23.7 Å². The van der Waals surface area contributed by atoms with Crippen LogP contribution in [0.25, 0.3) is 0 Å². The molecule has 0 atom stereocenters. The Morgan fingerprint density at radius 3 is 2.84 bits per heavy atom. The van der Waals surface area contributed by atoms with Gasteiger partial charge in [-0.15, -0.1) is 23.1 Å². The van der Waals surface area contributed by atoms with Gasteiger partial charge in [0, 0.05) is 18.5 Å². The molecule has 0 spiro atoms. The van der Waals surface area contributed by atoms with E-state index < -0.39 is 0 Å². The van der Waals surface area contributed by atoms with Gasteiger partial charge in [0.1, 0.15) is 10.7 Å². The van der Waals surface area contributed by atoms with Crippen LogP contribution in [0, 0.1) is 0 Å². The second-order valence-electron chi connectivity index (χ2n) is 3.61. The normalized spacial score (nSPS) is 10.2. The molecule has 2 aromatic heterocycles. The summed E-state index contributed by atoms with van der Waals surface area (Å²) in [4.78, 5) is 31.4. The first-order valence-electron chi connectivity index (χ1n) is 5.38. The van der Waals surface area contributed by atoms with E-state index in [0.29, 0.717) is 21.4 Å². The number of rotatable bonds is 4. The SMILES string of the molecule is CSc1ncccc1C(=O)Nc1nc(C(C)=O)cs1. The summed E-state index contributed by atoms with van der Waals surface area (Å²) in [6.45, 7) is 1.44. The Morgan fingerprint density at radius 1 is 1.42 bits per heavy atom. The highest BCUT2D eigenvalue weighted by Crippen LogP contribution is 2.20. The van der Waals surface area contributed by atoms with Gasteiger partial charge in [0.25, 0.3) is 5.91 Å². The van der Waals surface area contributed by atoms with Gasteiger partial charge in [-0.3, -0.25) is 14.9 Å². The Labute approximate surface area is 118 Å². The molecular weight excluding hydrogens is 282 g/mol. The van der Waals surface area contributed by atoms with Crippen LogP contribution in [0.15, 0.2) is 28.7 Å². The van der Waals surface area contributed by atoms with E-state index in [4.69, 9.17) is 0 Å². The molecule has 0 saturated heterocycles. The zero-order valence-electron chi connectivity index (χ0n) is 10.3. The lowest BCUT2D eigenvalue weighted by Crippen LogP contribution is -2.13. The van der Waals surface area contributed by atoms with E-state index in [1.165, 1.54) is 30.0 Å². The number of nitrogens with one attached hydrogen (secondary N) is 1. The van der Waals surface area contributed by atoms with Crippen LogP contribution in [0.5, 0.6) is 0 Å². The largest absolute Gasteiger partial charge is 0.298 e. The molecule has 5 nitrogen and oxygen atoms in total. The van der Waals surface area contributed by atoms with Gasteiger partial charge < -0.3 is 0 Å². The van der Waals surface area contributed by atoms with Gasteiger partial charge in [-0.1, -0.05) is 0 Å². The number of aromatic nitrogens is 2. The number of anilines is 1. The lowest BCUT2D eigenvalue weighted by molar-refractivity contribution is 0.100. The first-order valence-corrected chi connectivity index (χ1v) is 7.49. The fraction of sp³-hybridized carbons (Fsp3) is 0.167. The average molecular weight is 293 g/mol. The third-order valence-corrected chi connectivity index (χ3v) is 3.76. The van der Waals surface area contributed by atoms with E-state index in [9.17, 15) is 9.59 Å². The average Bonchev–Trinajstić information content (AvgIpc) is 2.87. The smallest absolute Gasteiger partial charge is 0.260 e. The standard InChI is InChI=1S/C12H11N3O2S2/c1-7(16)9-6-19-12(14-9)15-10(17)8-4-3-5-13-11(8)18-2/h3-6H,1-2H3,(H,14,15,17). The molecule has 0 aliphatic carbocycles. The van der Waals surface area contributed by atoms with E-state index >= 15 is 0 Å². The molecular formula is C12H11N3O2S2. The first kappa shape index (κ1) is 13.7. The third-order valence-electron chi connectivity index (χ3n) is 2.29. The minimum absolute atomic E-state index is 0.122. The highest BCUT2D eigenvalue weighted by atomic mass is 32.2. The second-order valence-corrected chi connectivity index (χ2v) is 5.26. The molecule has 19 heavy (non-hydrogen) atoms. The van der Waals surface area contributed by atoms with Crippen LogP contribution in [-0.2, 0) is 0 Å². The monoisotopic (exact) mass is 293 g/mol. The number of thioether (sulfide) groups is 1. The molecule has 0 aliphatic rings. The van der Waals surface area contributed by atoms with Crippen molar-refractivity contribution in [3.05, 3.63) is 35.0 Å². The van der Waals surface area contributed by atoms with Gasteiger partial charge in [-0.25, -0.2) is 9.97 Å². The number of ketones is 1. The molecule has 1 amide bonds. The van der Waals surface area contributed by atoms with Gasteiger partial charge in [-0.05, 0) is 18.4 Å². The van der Waals surface area contributed by atoms with E-state index in [-0.39, 0.29) is 11.7 Å². The number of pyridine rings is 1. The third kappa shape index (κ3) is 3.18. The Morgan fingerprint density at radius 2 is 2.21 bits per heavy atom. The fourth-order valence-corrected chi connectivity index (χ4v) is 2.68. The van der Waals surface area contributed by atoms with Crippen molar-refractivity contribution in [3.8, 4) is 0 Å². The van der Waals surface area contributed by atoms with Crippen LogP contribution in [0.3, 0.4) is 0 Å². The quantitative estimate of drug-likeness (QED) is 0.693. The number of nitrogens with zero attached hydrogens (tertiary/aromatic N) is 2. The van der Waals surface area contributed by atoms with E-state index in [2.05, 4.69) is 15.3 Å². The second kappa shape index (κ2) is 5.94. The molecule has 1 N–H and O–H groups in total. The van der Waals surface area contributed by atoms with Gasteiger partial charge in [0.2, 0.25) is 0 Å². The zero-order chi connectivity index (χ0) is 13.8. The summed E-state index contributed by atoms with van der Waals surface area (Å²) in [5, 5.41) is 5.36. The summed E-state index contributed by atoms with van der Waals surface area (Å²) >= 11 is 2.62. The van der Waals surface area contributed by atoms with Crippen molar-refractivity contribution in [1.82, 2.24) is 9.97 Å². The van der Waals surface area contributed by atoms with Gasteiger partial charge in [0.05, 0.1) is 5.56 Å². The predicted molar refractivity (Wildman–Crippen MR) is 76.1 cm³/mol. The number of hydrogen-bond acceptors (Lipinski definition) is 6. The summed E-state index contributed by atoms with van der Waals surface area (Å²) < 4.78 is 0. The maximum atomic E-state index is 12.1. The molecule has 98 valence electrons. The lowest BCUT2D eigenvalue weighted by atomic mass is 10.3. The highest BCUT2D eigenvalue weighted by molar-refractivity contribution is 7.98. The van der Waals surface area contributed by atoms with Crippen LogP contribution in [0.2, 0.25) is 0 Å². The van der Waals surface area contributed by atoms with Crippen molar-refractivity contribution >= 4 is 39.9 Å². The lowest BCUT2D eigenvalue weighted by Gasteiger charge is -2.04. The first-order chi connectivity index (χ1) is 9.11. The van der Waals surface area contributed by atoms with Crippen LogP contribution in [0.1, 0.15) is 27.8 Å². The maximum Gasteiger partial charge on any atom is 0.260 e. The van der Waals surface area contributed by atoms with Crippen molar-refractivity contribution in [2.24, 2.45) is 0 Å². The van der Waals surface area contributed by atoms with Crippen LogP contribution >= 0.6 is 23.1 Å². The summed E-state index contributed by atoms with van der Waals surface area (Å²) in [6.07, 6.45) is 3.50. The van der Waals surface area contributed by atoms with Crippen molar-refractivity contribution in [3.63, 3.8) is 0 Å². The number of Topliss-reactive ketones (excluding diaryl/α,β-unsaturated/α-hetero) is 1. The maximum absolute atomic E-state index is 12.1. The van der Waals surface area contributed by atoms with E-state index in [0.717, 1.165) is 0 Å². The summed E-state index contributed by atoms with van der Waals surface area (Å²) in [5.74, 6) is -0.398. The molecule has 2 rings (SSSR count). The molecule has 0 fully saturated rings. The van der Waals surface area contributed by atoms with Crippen molar-refractivity contribution in [1.29, 1.82) is 0 Å². The number of carbonyl (C=O) groups excluding carboxylic acids is 2. The van der Waals surface area contributed by atoms with Gasteiger partial charge in [-0.2, -0.15) is 0 Å². The van der Waals surface area contributed by atoms with Gasteiger partial charge >= 0.3 is 0 Å².